The molecule has 4 rings (SSSR count). The molecule has 0 spiro atoms. The van der Waals surface area contributed by atoms with Crippen LogP contribution < -0.4 is 11.0 Å². The molecule has 0 saturated carbocycles. The Morgan fingerprint density at radius 3 is 2.69 bits per heavy atom. The van der Waals surface area contributed by atoms with E-state index >= 15 is 0 Å². The highest BCUT2D eigenvalue weighted by Crippen LogP contribution is 2.19. The van der Waals surface area contributed by atoms with Crippen molar-refractivity contribution in [2.24, 2.45) is 5.10 Å². The fourth-order valence-electron chi connectivity index (χ4n) is 2.49. The summed E-state index contributed by atoms with van der Waals surface area (Å²) in [7, 11) is 0. The average Bonchev–Trinajstić information content (AvgIpc) is 2.65. The highest BCUT2D eigenvalue weighted by atomic mass is 35.5. The van der Waals surface area contributed by atoms with Gasteiger partial charge in [0.25, 0.3) is 5.56 Å². The smallest absolute Gasteiger partial charge is 0.265 e. The van der Waals surface area contributed by atoms with Crippen LogP contribution in [0.5, 0.6) is 0 Å². The minimum atomic E-state index is -0.364. The molecule has 0 aliphatic rings. The second-order valence-electron chi connectivity index (χ2n) is 5.61. The van der Waals surface area contributed by atoms with E-state index in [0.29, 0.717) is 22.1 Å². The number of nitrogens with one attached hydrogen (secondary N) is 1. The zero-order valence-corrected chi connectivity index (χ0v) is 14.5. The number of aryl methyl sites for hydroxylation is 1. The molecule has 0 unspecified atom stereocenters. The molecule has 2 heterocycles. The fourth-order valence-corrected chi connectivity index (χ4v) is 2.62. The predicted molar refractivity (Wildman–Crippen MR) is 102 cm³/mol. The average molecular weight is 365 g/mol. The molecule has 0 saturated heterocycles. The quantitative estimate of drug-likeness (QED) is 0.343. The number of nitrogens with zero attached hydrogens (tertiary/aromatic N) is 5. The van der Waals surface area contributed by atoms with Crippen molar-refractivity contribution in [3.8, 4) is 0 Å². The Bertz CT molecular complexity index is 1200. The van der Waals surface area contributed by atoms with E-state index in [2.05, 4.69) is 25.6 Å². The lowest BCUT2D eigenvalue weighted by Crippen LogP contribution is -2.18. The van der Waals surface area contributed by atoms with Crippen LogP contribution in [0.1, 0.15) is 11.3 Å². The van der Waals surface area contributed by atoms with Crippen LogP contribution in [0.2, 0.25) is 5.02 Å². The molecule has 2 aromatic carbocycles. The molecule has 0 aliphatic heterocycles. The normalized spacial score (nSPS) is 11.5. The first kappa shape index (κ1) is 16.2. The summed E-state index contributed by atoms with van der Waals surface area (Å²) in [5.74, 6) is 0.361. The van der Waals surface area contributed by atoms with Gasteiger partial charge in [-0.1, -0.05) is 35.9 Å². The molecule has 8 heteroatoms. The van der Waals surface area contributed by atoms with Crippen LogP contribution in [0, 0.1) is 6.92 Å². The number of hydrogen-bond donors (Lipinski definition) is 1. The van der Waals surface area contributed by atoms with Gasteiger partial charge in [0.2, 0.25) is 5.95 Å². The topological polar surface area (TPSA) is 84.5 Å². The van der Waals surface area contributed by atoms with Crippen LogP contribution in [0.15, 0.2) is 58.4 Å². The number of anilines is 1. The zero-order chi connectivity index (χ0) is 18.1. The first-order valence-corrected chi connectivity index (χ1v) is 8.21. The van der Waals surface area contributed by atoms with Gasteiger partial charge in [0.15, 0.2) is 5.65 Å². The Morgan fingerprint density at radius 2 is 1.88 bits per heavy atom. The van der Waals surface area contributed by atoms with Gasteiger partial charge >= 0.3 is 0 Å². The number of para-hydroxylation sites is 1. The lowest BCUT2D eigenvalue weighted by atomic mass is 10.2. The first-order valence-electron chi connectivity index (χ1n) is 7.83. The summed E-state index contributed by atoms with van der Waals surface area (Å²) in [6.07, 6.45) is 1.64. The molecule has 1 N–H and O–H groups in total. The van der Waals surface area contributed by atoms with E-state index < -0.39 is 0 Å². The Labute approximate surface area is 153 Å². The van der Waals surface area contributed by atoms with Crippen molar-refractivity contribution >= 4 is 40.3 Å². The van der Waals surface area contributed by atoms with E-state index in [-0.39, 0.29) is 11.3 Å². The van der Waals surface area contributed by atoms with E-state index in [4.69, 9.17) is 11.6 Å². The van der Waals surface area contributed by atoms with Crippen LogP contribution in [0.3, 0.4) is 0 Å². The number of rotatable bonds is 3. The van der Waals surface area contributed by atoms with Crippen molar-refractivity contribution in [3.63, 3.8) is 0 Å². The van der Waals surface area contributed by atoms with E-state index in [0.717, 1.165) is 10.9 Å². The Hall–Kier alpha value is -3.32. The third kappa shape index (κ3) is 3.00. The van der Waals surface area contributed by atoms with Gasteiger partial charge in [0.1, 0.15) is 5.69 Å². The first-order chi connectivity index (χ1) is 12.6. The summed E-state index contributed by atoms with van der Waals surface area (Å²) in [5.41, 5.74) is 4.78. The monoisotopic (exact) mass is 364 g/mol. The van der Waals surface area contributed by atoms with Crippen molar-refractivity contribution in [1.82, 2.24) is 19.6 Å². The molecular weight excluding hydrogens is 352 g/mol. The van der Waals surface area contributed by atoms with Gasteiger partial charge in [-0.2, -0.15) is 19.7 Å². The highest BCUT2D eigenvalue weighted by molar-refractivity contribution is 6.30. The van der Waals surface area contributed by atoms with Gasteiger partial charge in [-0.15, -0.1) is 0 Å². The molecule has 0 radical (unpaired) electrons. The number of fused-ring (bicyclic) bond motifs is 3. The van der Waals surface area contributed by atoms with Crippen LogP contribution in [0.25, 0.3) is 16.6 Å². The molecule has 26 heavy (non-hydrogen) atoms. The highest BCUT2D eigenvalue weighted by Gasteiger charge is 2.11. The number of hydrogen-bond acceptors (Lipinski definition) is 6. The molecule has 0 bridgehead atoms. The molecule has 0 fully saturated rings. The van der Waals surface area contributed by atoms with Crippen LogP contribution in [0.4, 0.5) is 5.95 Å². The van der Waals surface area contributed by atoms with Gasteiger partial charge < -0.3 is 0 Å². The van der Waals surface area contributed by atoms with Crippen molar-refractivity contribution in [1.29, 1.82) is 0 Å². The van der Waals surface area contributed by atoms with Crippen LogP contribution in [-0.2, 0) is 0 Å². The number of halogens is 1. The van der Waals surface area contributed by atoms with Crippen molar-refractivity contribution < 1.29 is 0 Å². The Balaban J connectivity index is 1.81. The van der Waals surface area contributed by atoms with E-state index in [1.54, 1.807) is 25.3 Å². The Kier molecular flexibility index (Phi) is 4.06. The second-order valence-corrected chi connectivity index (χ2v) is 6.05. The molecule has 4 aromatic rings. The number of hydrazone groups is 1. The SMILES string of the molecule is Cc1nn2c(N/N=C\c3ccc(Cl)cc3)nc3ccccc3c2nc1=O. The largest absolute Gasteiger partial charge is 0.294 e. The zero-order valence-electron chi connectivity index (χ0n) is 13.7. The molecular formula is C18H13ClN6O. The lowest BCUT2D eigenvalue weighted by Gasteiger charge is -2.09. The third-order valence-corrected chi connectivity index (χ3v) is 4.04. The minimum absolute atomic E-state index is 0.282. The van der Waals surface area contributed by atoms with Gasteiger partial charge in [0, 0.05) is 10.4 Å². The van der Waals surface area contributed by atoms with E-state index in [9.17, 15) is 4.79 Å². The van der Waals surface area contributed by atoms with Crippen molar-refractivity contribution in [3.05, 3.63) is 75.2 Å². The summed E-state index contributed by atoms with van der Waals surface area (Å²) in [5, 5.41) is 9.89. The summed E-state index contributed by atoms with van der Waals surface area (Å²) in [4.78, 5) is 20.6. The second kappa shape index (κ2) is 6.53. The maximum Gasteiger partial charge on any atom is 0.294 e. The molecule has 0 atom stereocenters. The van der Waals surface area contributed by atoms with Gasteiger partial charge in [0.05, 0.1) is 11.7 Å². The molecule has 2 aromatic heterocycles. The number of benzene rings is 2. The predicted octanol–water partition coefficient (Wildman–Crippen LogP) is 3.05. The van der Waals surface area contributed by atoms with Crippen molar-refractivity contribution in [2.75, 3.05) is 5.43 Å². The lowest BCUT2D eigenvalue weighted by molar-refractivity contribution is 0.835. The van der Waals surface area contributed by atoms with Gasteiger partial charge in [-0.25, -0.2) is 10.4 Å². The summed E-state index contributed by atoms with van der Waals surface area (Å²) >= 11 is 5.88. The summed E-state index contributed by atoms with van der Waals surface area (Å²) in [6, 6.07) is 14.7. The molecule has 0 amide bonds. The van der Waals surface area contributed by atoms with E-state index in [1.807, 2.05) is 36.4 Å². The van der Waals surface area contributed by atoms with Crippen molar-refractivity contribution in [2.45, 2.75) is 6.92 Å². The minimum Gasteiger partial charge on any atom is -0.265 e. The van der Waals surface area contributed by atoms with E-state index in [1.165, 1.54) is 4.52 Å². The Morgan fingerprint density at radius 1 is 1.12 bits per heavy atom. The molecule has 128 valence electrons. The van der Waals surface area contributed by atoms with Gasteiger partial charge in [-0.05, 0) is 36.8 Å². The molecule has 7 nitrogen and oxygen atoms in total. The third-order valence-electron chi connectivity index (χ3n) is 3.79. The van der Waals surface area contributed by atoms with Gasteiger partial charge in [-0.3, -0.25) is 4.79 Å². The maximum atomic E-state index is 11.9. The standard InChI is InChI=1S/C18H13ClN6O/c1-11-17(26)22-16-14-4-2-3-5-15(14)21-18(25(16)24-11)23-20-10-12-6-8-13(19)9-7-12/h2-10H,1H3,(H,21,23)/b20-10-. The number of aromatic nitrogens is 4. The summed E-state index contributed by atoms with van der Waals surface area (Å²) in [6.45, 7) is 1.61. The molecule has 0 aliphatic carbocycles. The van der Waals surface area contributed by atoms with Crippen LogP contribution in [-0.4, -0.2) is 25.8 Å². The van der Waals surface area contributed by atoms with Crippen LogP contribution >= 0.6 is 11.6 Å². The fraction of sp³-hybridized carbons (Fsp3) is 0.0556. The summed E-state index contributed by atoms with van der Waals surface area (Å²) < 4.78 is 1.48. The maximum absolute atomic E-state index is 11.9.